The Kier molecular flexibility index (Phi) is 7.98. The van der Waals surface area contributed by atoms with E-state index in [1.165, 1.54) is 6.07 Å². The maximum Gasteiger partial charge on any atom is 0.416 e. The third-order valence-electron chi connectivity index (χ3n) is 5.63. The van der Waals surface area contributed by atoms with Gasteiger partial charge in [-0.2, -0.15) is 13.2 Å². The number of nitrogens with one attached hydrogen (secondary N) is 1. The fourth-order valence-electron chi connectivity index (χ4n) is 3.93. The summed E-state index contributed by atoms with van der Waals surface area (Å²) in [5.41, 5.74) is 0.539. The van der Waals surface area contributed by atoms with Crippen molar-refractivity contribution >= 4 is 34.2 Å². The molecule has 3 rings (SSSR count). The van der Waals surface area contributed by atoms with Gasteiger partial charge in [-0.25, -0.2) is 0 Å². The number of piperidine rings is 1. The first-order valence-corrected chi connectivity index (χ1v) is 11.3. The molecule has 31 heavy (non-hydrogen) atoms. The Morgan fingerprint density at radius 1 is 1.16 bits per heavy atom. The first kappa shape index (κ1) is 24.0. The van der Waals surface area contributed by atoms with Crippen LogP contribution >= 0.6 is 22.6 Å². The predicted molar refractivity (Wildman–Crippen MR) is 125 cm³/mol. The Morgan fingerprint density at radius 3 is 2.48 bits per heavy atom. The summed E-state index contributed by atoms with van der Waals surface area (Å²) in [4.78, 5) is 16.6. The third-order valence-corrected chi connectivity index (χ3v) is 6.31. The van der Waals surface area contributed by atoms with Crippen molar-refractivity contribution in [2.24, 2.45) is 0 Å². The Hall–Kier alpha value is -1.65. The van der Waals surface area contributed by atoms with Crippen molar-refractivity contribution in [2.45, 2.75) is 38.0 Å². The number of amides is 1. The molecule has 1 fully saturated rings. The maximum absolute atomic E-state index is 13.7. The summed E-state index contributed by atoms with van der Waals surface area (Å²) in [5.74, 6) is -0.339. The van der Waals surface area contributed by atoms with Crippen LogP contribution in [0.5, 0.6) is 0 Å². The van der Waals surface area contributed by atoms with Gasteiger partial charge in [0.25, 0.3) is 0 Å². The summed E-state index contributed by atoms with van der Waals surface area (Å²) in [5, 5.41) is 2.61. The van der Waals surface area contributed by atoms with Crippen molar-refractivity contribution < 1.29 is 18.0 Å². The molecule has 8 heteroatoms. The van der Waals surface area contributed by atoms with Crippen LogP contribution in [0.4, 0.5) is 18.9 Å². The first-order valence-electron chi connectivity index (χ1n) is 10.2. The minimum absolute atomic E-state index is 0.112. The lowest BCUT2D eigenvalue weighted by Crippen LogP contribution is -2.41. The summed E-state index contributed by atoms with van der Waals surface area (Å²) in [6, 6.07) is 12.0. The molecule has 1 aliphatic rings. The summed E-state index contributed by atoms with van der Waals surface area (Å²) < 4.78 is 42.2. The highest BCUT2D eigenvalue weighted by Gasteiger charge is 2.34. The van der Waals surface area contributed by atoms with Gasteiger partial charge in [-0.1, -0.05) is 18.2 Å². The van der Waals surface area contributed by atoms with Crippen LogP contribution in [-0.4, -0.2) is 48.9 Å². The Labute approximate surface area is 194 Å². The summed E-state index contributed by atoms with van der Waals surface area (Å²) in [7, 11) is 4.07. The van der Waals surface area contributed by atoms with Crippen molar-refractivity contribution in [3.63, 3.8) is 0 Å². The van der Waals surface area contributed by atoms with Crippen LogP contribution in [0.1, 0.15) is 29.5 Å². The van der Waals surface area contributed by atoms with E-state index in [1.54, 1.807) is 6.07 Å². The van der Waals surface area contributed by atoms with Crippen LogP contribution < -0.4 is 5.32 Å². The Morgan fingerprint density at radius 2 is 1.87 bits per heavy atom. The molecule has 0 spiro atoms. The maximum atomic E-state index is 13.7. The van der Waals surface area contributed by atoms with Gasteiger partial charge in [-0.3, -0.25) is 9.69 Å². The topological polar surface area (TPSA) is 35.6 Å². The zero-order valence-electron chi connectivity index (χ0n) is 17.7. The minimum Gasteiger partial charge on any atom is -0.326 e. The molecule has 0 atom stereocenters. The molecule has 168 valence electrons. The molecule has 0 bridgehead atoms. The molecule has 1 amide bonds. The average Bonchev–Trinajstić information content (AvgIpc) is 2.68. The lowest BCUT2D eigenvalue weighted by Gasteiger charge is -2.35. The summed E-state index contributed by atoms with van der Waals surface area (Å²) in [6.45, 7) is 1.80. The monoisotopic (exact) mass is 545 g/mol. The van der Waals surface area contributed by atoms with E-state index in [0.717, 1.165) is 41.1 Å². The number of anilines is 1. The van der Waals surface area contributed by atoms with Gasteiger partial charge in [-0.05, 0) is 98.0 Å². The van der Waals surface area contributed by atoms with Crippen molar-refractivity contribution in [3.05, 3.63) is 62.7 Å². The number of carbonyl (C=O) groups excluding carboxylic acids is 1. The molecule has 1 saturated heterocycles. The fourth-order valence-corrected chi connectivity index (χ4v) is 4.54. The second-order valence-corrected chi connectivity index (χ2v) is 9.44. The number of hydrogen-bond donors (Lipinski definition) is 1. The Balaban J connectivity index is 1.69. The van der Waals surface area contributed by atoms with Crippen molar-refractivity contribution in [3.8, 4) is 0 Å². The molecular weight excluding hydrogens is 518 g/mol. The molecule has 1 N–H and O–H groups in total. The quantitative estimate of drug-likeness (QED) is 0.519. The largest absolute Gasteiger partial charge is 0.416 e. The van der Waals surface area contributed by atoms with Crippen molar-refractivity contribution in [1.82, 2.24) is 9.80 Å². The van der Waals surface area contributed by atoms with Crippen LogP contribution in [-0.2, 0) is 23.9 Å². The van der Waals surface area contributed by atoms with E-state index in [9.17, 15) is 18.0 Å². The van der Waals surface area contributed by atoms with Crippen LogP contribution in [0.15, 0.2) is 42.5 Å². The second-order valence-electron chi connectivity index (χ2n) is 8.20. The molecule has 0 unspecified atom stereocenters. The van der Waals surface area contributed by atoms with Crippen LogP contribution in [0.25, 0.3) is 0 Å². The van der Waals surface area contributed by atoms with Crippen molar-refractivity contribution in [2.75, 3.05) is 32.5 Å². The minimum atomic E-state index is -4.48. The third kappa shape index (κ3) is 6.92. The van der Waals surface area contributed by atoms with Crippen LogP contribution in [0.2, 0.25) is 0 Å². The molecule has 4 nitrogen and oxygen atoms in total. The molecular formula is C23H27F3IN3O. The van der Waals surface area contributed by atoms with Gasteiger partial charge in [-0.15, -0.1) is 0 Å². The SMILES string of the molecule is CN(C)C1CCN(Cc2ccc(NC(=O)Cc3cccc(I)c3)cc2C(F)(F)F)CC1. The Bertz CT molecular complexity index is 909. The number of halogens is 4. The van der Waals surface area contributed by atoms with Gasteiger partial charge in [0.2, 0.25) is 5.91 Å². The van der Waals surface area contributed by atoms with Gasteiger partial charge in [0.1, 0.15) is 0 Å². The highest BCUT2D eigenvalue weighted by Crippen LogP contribution is 2.35. The number of rotatable bonds is 6. The van der Waals surface area contributed by atoms with E-state index in [0.29, 0.717) is 6.04 Å². The lowest BCUT2D eigenvalue weighted by atomic mass is 10.0. The molecule has 0 aliphatic carbocycles. The predicted octanol–water partition coefficient (Wildman–Crippen LogP) is 5.02. The smallest absolute Gasteiger partial charge is 0.326 e. The standard InChI is InChI=1S/C23H27F3IN3O/c1-29(2)20-8-10-30(11-9-20)15-17-6-7-19(14-21(17)23(24,25)26)28-22(31)13-16-4-3-5-18(27)12-16/h3-7,12,14,20H,8-11,13,15H2,1-2H3,(H,28,31). The normalized spacial score (nSPS) is 16.0. The van der Waals surface area contributed by atoms with E-state index in [1.807, 2.05) is 38.4 Å². The highest BCUT2D eigenvalue weighted by atomic mass is 127. The number of benzene rings is 2. The second kappa shape index (κ2) is 10.3. The number of hydrogen-bond acceptors (Lipinski definition) is 3. The molecule has 1 aliphatic heterocycles. The molecule has 2 aromatic carbocycles. The van der Waals surface area contributed by atoms with Crippen LogP contribution in [0, 0.1) is 3.57 Å². The van der Waals surface area contributed by atoms with E-state index in [-0.39, 0.29) is 30.1 Å². The molecule has 1 heterocycles. The first-order chi connectivity index (χ1) is 14.6. The van der Waals surface area contributed by atoms with Gasteiger partial charge in [0, 0.05) is 21.8 Å². The highest BCUT2D eigenvalue weighted by molar-refractivity contribution is 14.1. The zero-order valence-corrected chi connectivity index (χ0v) is 19.8. The molecule has 0 aromatic heterocycles. The van der Waals surface area contributed by atoms with E-state index in [2.05, 4.69) is 37.7 Å². The molecule has 0 saturated carbocycles. The van der Waals surface area contributed by atoms with Gasteiger partial charge >= 0.3 is 6.18 Å². The summed E-state index contributed by atoms with van der Waals surface area (Å²) in [6.07, 6.45) is -2.48. The summed E-state index contributed by atoms with van der Waals surface area (Å²) >= 11 is 2.16. The van der Waals surface area contributed by atoms with E-state index < -0.39 is 11.7 Å². The average molecular weight is 545 g/mol. The van der Waals surface area contributed by atoms with E-state index in [4.69, 9.17) is 0 Å². The van der Waals surface area contributed by atoms with Crippen LogP contribution in [0.3, 0.4) is 0 Å². The zero-order chi connectivity index (χ0) is 22.6. The van der Waals surface area contributed by atoms with Gasteiger partial charge in [0.15, 0.2) is 0 Å². The van der Waals surface area contributed by atoms with E-state index >= 15 is 0 Å². The number of carbonyl (C=O) groups is 1. The lowest BCUT2D eigenvalue weighted by molar-refractivity contribution is -0.138. The van der Waals surface area contributed by atoms with Gasteiger partial charge < -0.3 is 10.2 Å². The molecule has 2 aromatic rings. The van der Waals surface area contributed by atoms with Gasteiger partial charge in [0.05, 0.1) is 12.0 Å². The number of likely N-dealkylation sites (tertiary alicyclic amines) is 1. The van der Waals surface area contributed by atoms with Crippen molar-refractivity contribution in [1.29, 1.82) is 0 Å². The number of nitrogens with zero attached hydrogens (tertiary/aromatic N) is 2. The number of alkyl halides is 3. The molecule has 0 radical (unpaired) electrons. The fraction of sp³-hybridized carbons (Fsp3) is 0.435.